The highest BCUT2D eigenvalue weighted by Gasteiger charge is 2.39. The van der Waals surface area contributed by atoms with Crippen molar-refractivity contribution in [3.63, 3.8) is 0 Å². The van der Waals surface area contributed by atoms with E-state index in [1.807, 2.05) is 49.4 Å². The molecule has 1 heterocycles. The Balaban J connectivity index is 2.08. The van der Waals surface area contributed by atoms with Crippen molar-refractivity contribution in [2.45, 2.75) is 6.92 Å². The van der Waals surface area contributed by atoms with Crippen LogP contribution in [0.5, 0.6) is 0 Å². The third-order valence-electron chi connectivity index (χ3n) is 3.48. The van der Waals surface area contributed by atoms with E-state index >= 15 is 0 Å². The third-order valence-corrected chi connectivity index (χ3v) is 4.96. The molecule has 0 fully saturated rings. The molecular formula is C18H14BrNO2S. The van der Waals surface area contributed by atoms with Crippen LogP contribution >= 0.6 is 27.7 Å². The number of rotatable bonds is 4. The van der Waals surface area contributed by atoms with E-state index in [9.17, 15) is 9.59 Å². The maximum Gasteiger partial charge on any atom is 0.272 e. The highest BCUT2D eigenvalue weighted by molar-refractivity contribution is 9.10. The van der Waals surface area contributed by atoms with E-state index in [4.69, 9.17) is 0 Å². The van der Waals surface area contributed by atoms with Gasteiger partial charge >= 0.3 is 0 Å². The molecular weight excluding hydrogens is 374 g/mol. The minimum absolute atomic E-state index is 0.247. The highest BCUT2D eigenvalue weighted by atomic mass is 79.9. The van der Waals surface area contributed by atoms with Crippen molar-refractivity contribution in [3.8, 4) is 0 Å². The van der Waals surface area contributed by atoms with Crippen LogP contribution in [0.1, 0.15) is 12.5 Å². The topological polar surface area (TPSA) is 37.4 Å². The van der Waals surface area contributed by atoms with Gasteiger partial charge in [0, 0.05) is 4.47 Å². The van der Waals surface area contributed by atoms with Crippen molar-refractivity contribution in [3.05, 3.63) is 69.5 Å². The molecule has 0 unspecified atom stereocenters. The molecule has 0 saturated heterocycles. The van der Waals surface area contributed by atoms with E-state index in [-0.39, 0.29) is 11.8 Å². The summed E-state index contributed by atoms with van der Waals surface area (Å²) in [5.74, 6) is 0.223. The van der Waals surface area contributed by atoms with Crippen LogP contribution in [0, 0.1) is 0 Å². The number of halogens is 1. The maximum absolute atomic E-state index is 12.9. The molecule has 0 spiro atoms. The molecule has 23 heavy (non-hydrogen) atoms. The van der Waals surface area contributed by atoms with Gasteiger partial charge in [0.05, 0.1) is 16.2 Å². The van der Waals surface area contributed by atoms with E-state index in [2.05, 4.69) is 15.9 Å². The molecule has 3 nitrogen and oxygen atoms in total. The molecule has 0 aliphatic carbocycles. The van der Waals surface area contributed by atoms with E-state index in [0.717, 1.165) is 15.8 Å². The number of nitrogens with zero attached hydrogens (tertiary/aromatic N) is 1. The van der Waals surface area contributed by atoms with E-state index in [0.29, 0.717) is 16.2 Å². The summed E-state index contributed by atoms with van der Waals surface area (Å²) in [6.07, 6.45) is 0. The second-order valence-electron chi connectivity index (χ2n) is 4.93. The summed E-state index contributed by atoms with van der Waals surface area (Å²) < 4.78 is 0.903. The second kappa shape index (κ2) is 6.72. The van der Waals surface area contributed by atoms with Crippen molar-refractivity contribution >= 4 is 50.8 Å². The highest BCUT2D eigenvalue weighted by Crippen LogP contribution is 2.38. The maximum atomic E-state index is 12.9. The second-order valence-corrected chi connectivity index (χ2v) is 7.12. The molecule has 0 radical (unpaired) electrons. The van der Waals surface area contributed by atoms with Gasteiger partial charge in [-0.05, 0) is 35.6 Å². The van der Waals surface area contributed by atoms with Gasteiger partial charge in [0.15, 0.2) is 0 Å². The van der Waals surface area contributed by atoms with Crippen LogP contribution in [0.3, 0.4) is 0 Å². The predicted molar refractivity (Wildman–Crippen MR) is 98.1 cm³/mol. The number of carbonyl (C=O) groups excluding carboxylic acids is 2. The van der Waals surface area contributed by atoms with Crippen LogP contribution in [-0.2, 0) is 9.59 Å². The number of anilines is 1. The Hall–Kier alpha value is -1.85. The Morgan fingerprint density at radius 2 is 1.61 bits per heavy atom. The van der Waals surface area contributed by atoms with E-state index < -0.39 is 0 Å². The largest absolute Gasteiger partial charge is 0.272 e. The summed E-state index contributed by atoms with van der Waals surface area (Å²) in [6, 6.07) is 16.5. The zero-order valence-electron chi connectivity index (χ0n) is 12.5. The van der Waals surface area contributed by atoms with Crippen LogP contribution in [0.25, 0.3) is 5.57 Å². The van der Waals surface area contributed by atoms with Crippen LogP contribution in [0.2, 0.25) is 0 Å². The van der Waals surface area contributed by atoms with Crippen LogP contribution < -0.4 is 4.90 Å². The normalized spacial score (nSPS) is 14.8. The molecule has 0 atom stereocenters. The zero-order valence-corrected chi connectivity index (χ0v) is 14.9. The monoisotopic (exact) mass is 387 g/mol. The fourth-order valence-electron chi connectivity index (χ4n) is 2.47. The van der Waals surface area contributed by atoms with Gasteiger partial charge in [-0.25, -0.2) is 4.90 Å². The van der Waals surface area contributed by atoms with E-state index in [1.165, 1.54) is 16.7 Å². The fraction of sp³-hybridized carbons (Fsp3) is 0.111. The molecule has 0 aromatic heterocycles. The molecule has 1 aliphatic rings. The quantitative estimate of drug-likeness (QED) is 0.725. The number of hydrogen-bond acceptors (Lipinski definition) is 3. The van der Waals surface area contributed by atoms with Gasteiger partial charge in [0.1, 0.15) is 0 Å². The number of benzene rings is 2. The van der Waals surface area contributed by atoms with Gasteiger partial charge in [-0.15, -0.1) is 11.8 Å². The molecule has 1 aliphatic heterocycles. The first-order valence-electron chi connectivity index (χ1n) is 7.20. The summed E-state index contributed by atoms with van der Waals surface area (Å²) in [4.78, 5) is 27.5. The Morgan fingerprint density at radius 3 is 2.22 bits per heavy atom. The first kappa shape index (κ1) is 16.0. The molecule has 2 aromatic rings. The Bertz CT molecular complexity index is 784. The van der Waals surface area contributed by atoms with Crippen molar-refractivity contribution < 1.29 is 9.59 Å². The van der Waals surface area contributed by atoms with Gasteiger partial charge in [0.2, 0.25) is 0 Å². The number of hydrogen-bond donors (Lipinski definition) is 0. The molecule has 0 N–H and O–H groups in total. The SMILES string of the molecule is CCSC1=C(c2ccccc2)C(=O)N(c2ccc(Br)cc2)C1=O. The van der Waals surface area contributed by atoms with Gasteiger partial charge in [-0.3, -0.25) is 9.59 Å². The van der Waals surface area contributed by atoms with Crippen molar-refractivity contribution in [1.29, 1.82) is 0 Å². The Kier molecular flexibility index (Phi) is 4.68. The Labute approximate surface area is 147 Å². The first-order chi connectivity index (χ1) is 11.1. The van der Waals surface area contributed by atoms with Crippen LogP contribution in [0.15, 0.2) is 64.0 Å². The van der Waals surface area contributed by atoms with Gasteiger partial charge in [-0.1, -0.05) is 53.2 Å². The number of carbonyl (C=O) groups is 2. The number of thioether (sulfide) groups is 1. The van der Waals surface area contributed by atoms with Crippen molar-refractivity contribution in [2.75, 3.05) is 10.7 Å². The van der Waals surface area contributed by atoms with Gasteiger partial charge in [-0.2, -0.15) is 0 Å². The van der Waals surface area contributed by atoms with Gasteiger partial charge < -0.3 is 0 Å². The van der Waals surface area contributed by atoms with Crippen molar-refractivity contribution in [2.24, 2.45) is 0 Å². The molecule has 0 bridgehead atoms. The lowest BCUT2D eigenvalue weighted by molar-refractivity contribution is -0.119. The molecule has 116 valence electrons. The van der Waals surface area contributed by atoms with Crippen LogP contribution in [-0.4, -0.2) is 17.6 Å². The smallest absolute Gasteiger partial charge is 0.268 e. The molecule has 2 aromatic carbocycles. The average molecular weight is 388 g/mol. The lowest BCUT2D eigenvalue weighted by atomic mass is 10.1. The first-order valence-corrected chi connectivity index (χ1v) is 8.98. The average Bonchev–Trinajstić information content (AvgIpc) is 2.81. The summed E-state index contributed by atoms with van der Waals surface area (Å²) in [7, 11) is 0. The predicted octanol–water partition coefficient (Wildman–Crippen LogP) is 4.49. The summed E-state index contributed by atoms with van der Waals surface area (Å²) in [5, 5.41) is 0. The zero-order chi connectivity index (χ0) is 16.4. The number of imide groups is 1. The molecule has 2 amide bonds. The minimum atomic E-state index is -0.264. The molecule has 5 heteroatoms. The standard InChI is InChI=1S/C18H14BrNO2S/c1-2-23-16-15(12-6-4-3-5-7-12)17(21)20(18(16)22)14-10-8-13(19)9-11-14/h3-11H,2H2,1H3. The lowest BCUT2D eigenvalue weighted by Gasteiger charge is -2.15. The summed E-state index contributed by atoms with van der Waals surface area (Å²) >= 11 is 4.78. The van der Waals surface area contributed by atoms with E-state index in [1.54, 1.807) is 12.1 Å². The Morgan fingerprint density at radius 1 is 0.957 bits per heavy atom. The number of amides is 2. The van der Waals surface area contributed by atoms with Crippen molar-refractivity contribution in [1.82, 2.24) is 0 Å². The van der Waals surface area contributed by atoms with Gasteiger partial charge in [0.25, 0.3) is 11.8 Å². The summed E-state index contributed by atoms with van der Waals surface area (Å²) in [6.45, 7) is 1.97. The molecule has 3 rings (SSSR count). The fourth-order valence-corrected chi connectivity index (χ4v) is 3.59. The third kappa shape index (κ3) is 2.99. The summed E-state index contributed by atoms with van der Waals surface area (Å²) in [5.41, 5.74) is 1.86. The van der Waals surface area contributed by atoms with Crippen LogP contribution in [0.4, 0.5) is 5.69 Å². The minimum Gasteiger partial charge on any atom is -0.268 e. The lowest BCUT2D eigenvalue weighted by Crippen LogP contribution is -2.31. The molecule has 0 saturated carbocycles.